The largest absolute Gasteiger partial charge is 0.490 e. The lowest BCUT2D eigenvalue weighted by molar-refractivity contribution is 0.110. The van der Waals surface area contributed by atoms with Crippen molar-refractivity contribution in [1.82, 2.24) is 10.2 Å². The Kier molecular flexibility index (Phi) is 6.96. The highest BCUT2D eigenvalue weighted by Crippen LogP contribution is 2.32. The van der Waals surface area contributed by atoms with Gasteiger partial charge in [-0.05, 0) is 31.0 Å². The minimum absolute atomic E-state index is 0.0153. The van der Waals surface area contributed by atoms with Crippen LogP contribution in [0.2, 0.25) is 0 Å². The summed E-state index contributed by atoms with van der Waals surface area (Å²) in [5.41, 5.74) is 1.08. The average molecular weight is 308 g/mol. The van der Waals surface area contributed by atoms with Crippen molar-refractivity contribution in [2.45, 2.75) is 26.3 Å². The second-order valence-corrected chi connectivity index (χ2v) is 5.47. The summed E-state index contributed by atoms with van der Waals surface area (Å²) in [7, 11) is 0. The number of aliphatic hydroxyl groups is 1. The van der Waals surface area contributed by atoms with Crippen LogP contribution in [0.25, 0.3) is 0 Å². The van der Waals surface area contributed by atoms with Gasteiger partial charge in [-0.2, -0.15) is 0 Å². The number of rotatable bonds is 8. The van der Waals surface area contributed by atoms with E-state index in [2.05, 4.69) is 17.1 Å². The smallest absolute Gasteiger partial charge is 0.161 e. The van der Waals surface area contributed by atoms with Crippen molar-refractivity contribution in [2.75, 3.05) is 46.0 Å². The summed E-state index contributed by atoms with van der Waals surface area (Å²) >= 11 is 0. The Morgan fingerprint density at radius 3 is 2.59 bits per heavy atom. The van der Waals surface area contributed by atoms with Crippen molar-refractivity contribution in [3.63, 3.8) is 0 Å². The molecule has 2 N–H and O–H groups in total. The van der Waals surface area contributed by atoms with Gasteiger partial charge < -0.3 is 19.9 Å². The fraction of sp³-hybridized carbons (Fsp3) is 0.647. The van der Waals surface area contributed by atoms with Gasteiger partial charge in [-0.3, -0.25) is 4.90 Å². The van der Waals surface area contributed by atoms with Crippen LogP contribution in [0, 0.1) is 0 Å². The van der Waals surface area contributed by atoms with Crippen LogP contribution in [0.3, 0.4) is 0 Å². The zero-order valence-electron chi connectivity index (χ0n) is 13.7. The van der Waals surface area contributed by atoms with Crippen LogP contribution >= 0.6 is 0 Å². The van der Waals surface area contributed by atoms with Crippen LogP contribution < -0.4 is 14.8 Å². The Balaban J connectivity index is 2.19. The molecule has 5 heteroatoms. The lowest BCUT2D eigenvalue weighted by Gasteiger charge is -2.34. The molecule has 0 aromatic heterocycles. The van der Waals surface area contributed by atoms with Crippen molar-refractivity contribution in [3.8, 4) is 11.5 Å². The van der Waals surface area contributed by atoms with Crippen LogP contribution in [0.15, 0.2) is 18.2 Å². The summed E-state index contributed by atoms with van der Waals surface area (Å²) in [6.07, 6.45) is 0.966. The van der Waals surface area contributed by atoms with E-state index in [1.54, 1.807) is 0 Å². The minimum Gasteiger partial charge on any atom is -0.490 e. The van der Waals surface area contributed by atoms with Crippen LogP contribution in [0.1, 0.15) is 31.9 Å². The van der Waals surface area contributed by atoms with E-state index >= 15 is 0 Å². The number of nitrogens with zero attached hydrogens (tertiary/aromatic N) is 1. The van der Waals surface area contributed by atoms with Gasteiger partial charge in [0.25, 0.3) is 0 Å². The molecule has 5 nitrogen and oxygen atoms in total. The lowest BCUT2D eigenvalue weighted by Crippen LogP contribution is -2.46. The van der Waals surface area contributed by atoms with E-state index in [9.17, 15) is 5.11 Å². The maximum Gasteiger partial charge on any atom is 0.161 e. The summed E-state index contributed by atoms with van der Waals surface area (Å²) < 4.78 is 11.5. The number of nitrogens with one attached hydrogen (secondary N) is 1. The Labute approximate surface area is 133 Å². The molecule has 1 aliphatic rings. The van der Waals surface area contributed by atoms with E-state index in [0.29, 0.717) is 13.2 Å². The highest BCUT2D eigenvalue weighted by Gasteiger charge is 2.22. The van der Waals surface area contributed by atoms with Crippen molar-refractivity contribution in [1.29, 1.82) is 0 Å². The Morgan fingerprint density at radius 2 is 1.95 bits per heavy atom. The third-order valence-corrected chi connectivity index (χ3v) is 3.88. The molecule has 0 bridgehead atoms. The zero-order valence-corrected chi connectivity index (χ0v) is 13.7. The SMILES string of the molecule is CCCOc1ccc(C(CO)N2CCNCC2)cc1OCC. The van der Waals surface area contributed by atoms with Crippen LogP contribution in [-0.4, -0.2) is 56.0 Å². The fourth-order valence-corrected chi connectivity index (χ4v) is 2.76. The summed E-state index contributed by atoms with van der Waals surface area (Å²) in [4.78, 5) is 2.31. The van der Waals surface area contributed by atoms with Gasteiger partial charge in [-0.25, -0.2) is 0 Å². The average Bonchev–Trinajstić information content (AvgIpc) is 2.56. The standard InChI is InChI=1S/C17H28N2O3/c1-3-11-22-16-6-5-14(12-17(16)21-4-2)15(13-20)19-9-7-18-8-10-19/h5-6,12,15,18,20H,3-4,7-11,13H2,1-2H3. The molecule has 22 heavy (non-hydrogen) atoms. The normalized spacial score (nSPS) is 17.2. The third-order valence-electron chi connectivity index (χ3n) is 3.88. The maximum absolute atomic E-state index is 9.83. The lowest BCUT2D eigenvalue weighted by atomic mass is 10.0. The van der Waals surface area contributed by atoms with Crippen molar-refractivity contribution in [3.05, 3.63) is 23.8 Å². The van der Waals surface area contributed by atoms with E-state index in [4.69, 9.17) is 9.47 Å². The predicted octanol–water partition coefficient (Wildman–Crippen LogP) is 1.81. The first kappa shape index (κ1) is 17.1. The first-order valence-electron chi connectivity index (χ1n) is 8.25. The van der Waals surface area contributed by atoms with Gasteiger partial charge in [0.15, 0.2) is 11.5 Å². The monoisotopic (exact) mass is 308 g/mol. The molecule has 124 valence electrons. The van der Waals surface area contributed by atoms with Crippen molar-refractivity contribution in [2.24, 2.45) is 0 Å². The molecule has 0 amide bonds. The van der Waals surface area contributed by atoms with Gasteiger partial charge in [-0.15, -0.1) is 0 Å². The van der Waals surface area contributed by atoms with Gasteiger partial charge in [0.2, 0.25) is 0 Å². The summed E-state index contributed by atoms with van der Waals surface area (Å²) in [6.45, 7) is 9.27. The number of ether oxygens (including phenoxy) is 2. The fourth-order valence-electron chi connectivity index (χ4n) is 2.76. The van der Waals surface area contributed by atoms with E-state index < -0.39 is 0 Å². The molecule has 1 aromatic rings. The molecule has 0 saturated carbocycles. The Bertz CT molecular complexity index is 448. The second kappa shape index (κ2) is 8.98. The molecule has 2 rings (SSSR count). The highest BCUT2D eigenvalue weighted by molar-refractivity contribution is 5.44. The van der Waals surface area contributed by atoms with E-state index in [1.165, 1.54) is 0 Å². The zero-order chi connectivity index (χ0) is 15.8. The van der Waals surface area contributed by atoms with Gasteiger partial charge in [0.05, 0.1) is 25.9 Å². The summed E-state index contributed by atoms with van der Waals surface area (Å²) in [5.74, 6) is 1.55. The van der Waals surface area contributed by atoms with Crippen molar-refractivity contribution < 1.29 is 14.6 Å². The first-order valence-corrected chi connectivity index (χ1v) is 8.25. The second-order valence-electron chi connectivity index (χ2n) is 5.47. The highest BCUT2D eigenvalue weighted by atomic mass is 16.5. The van der Waals surface area contributed by atoms with Gasteiger partial charge in [-0.1, -0.05) is 13.0 Å². The molecule has 1 fully saturated rings. The molecule has 0 aliphatic carbocycles. The number of hydrogen-bond acceptors (Lipinski definition) is 5. The molecule has 1 heterocycles. The number of benzene rings is 1. The van der Waals surface area contributed by atoms with E-state index in [1.807, 2.05) is 25.1 Å². The molecule has 1 atom stereocenters. The summed E-state index contributed by atoms with van der Waals surface area (Å²) in [6, 6.07) is 6.02. The van der Waals surface area contributed by atoms with Gasteiger partial charge >= 0.3 is 0 Å². The maximum atomic E-state index is 9.83. The number of piperazine rings is 1. The van der Waals surface area contributed by atoms with Crippen LogP contribution in [0.4, 0.5) is 0 Å². The Morgan fingerprint density at radius 1 is 1.18 bits per heavy atom. The van der Waals surface area contributed by atoms with Gasteiger partial charge in [0.1, 0.15) is 0 Å². The van der Waals surface area contributed by atoms with E-state index in [0.717, 1.165) is 49.7 Å². The molecule has 1 unspecified atom stereocenters. The minimum atomic E-state index is 0.0153. The van der Waals surface area contributed by atoms with Crippen LogP contribution in [0.5, 0.6) is 11.5 Å². The summed E-state index contributed by atoms with van der Waals surface area (Å²) in [5, 5.41) is 13.2. The Hall–Kier alpha value is -1.30. The predicted molar refractivity (Wildman–Crippen MR) is 87.7 cm³/mol. The molecule has 0 radical (unpaired) electrons. The molecular formula is C17H28N2O3. The third kappa shape index (κ3) is 4.35. The van der Waals surface area contributed by atoms with Gasteiger partial charge in [0, 0.05) is 26.2 Å². The quantitative estimate of drug-likeness (QED) is 0.767. The first-order chi connectivity index (χ1) is 10.8. The molecule has 1 aliphatic heterocycles. The number of aliphatic hydroxyl groups excluding tert-OH is 1. The number of hydrogen-bond donors (Lipinski definition) is 2. The van der Waals surface area contributed by atoms with Crippen LogP contribution in [-0.2, 0) is 0 Å². The topological polar surface area (TPSA) is 54.0 Å². The van der Waals surface area contributed by atoms with Crippen molar-refractivity contribution >= 4 is 0 Å². The molecular weight excluding hydrogens is 280 g/mol. The van der Waals surface area contributed by atoms with E-state index in [-0.39, 0.29) is 12.6 Å². The molecule has 1 aromatic carbocycles. The molecule has 0 spiro atoms. The molecule has 1 saturated heterocycles.